The Labute approximate surface area is 182 Å². The number of morpholine rings is 1. The van der Waals surface area contributed by atoms with Crippen molar-refractivity contribution in [1.82, 2.24) is 15.5 Å². The summed E-state index contributed by atoms with van der Waals surface area (Å²) in [5.74, 6) is 0.971. The Morgan fingerprint density at radius 1 is 1.26 bits per heavy atom. The van der Waals surface area contributed by atoms with Crippen LogP contribution in [-0.4, -0.2) is 75.0 Å². The molecule has 1 saturated heterocycles. The maximum absolute atomic E-state index is 6.05. The van der Waals surface area contributed by atoms with Crippen molar-refractivity contribution in [2.24, 2.45) is 10.4 Å². The number of nitrogens with zero attached hydrogens (tertiary/aromatic N) is 2. The molecule has 0 aromatic rings. The molecule has 0 aromatic heterocycles. The largest absolute Gasteiger partial charge is 0.379 e. The molecule has 3 aliphatic rings. The minimum atomic E-state index is 0. The minimum Gasteiger partial charge on any atom is -0.379 e. The van der Waals surface area contributed by atoms with Gasteiger partial charge in [0.15, 0.2) is 5.96 Å². The topological polar surface area (TPSA) is 58.1 Å². The van der Waals surface area contributed by atoms with E-state index in [0.29, 0.717) is 23.6 Å². The van der Waals surface area contributed by atoms with Crippen LogP contribution < -0.4 is 10.6 Å². The molecular weight excluding hydrogens is 455 g/mol. The molecule has 3 atom stereocenters. The Morgan fingerprint density at radius 3 is 2.59 bits per heavy atom. The first-order chi connectivity index (χ1) is 12.7. The molecule has 1 aliphatic heterocycles. The van der Waals surface area contributed by atoms with Crippen LogP contribution in [0.2, 0.25) is 0 Å². The first-order valence-corrected chi connectivity index (χ1v) is 10.7. The van der Waals surface area contributed by atoms with Gasteiger partial charge in [-0.15, -0.1) is 24.0 Å². The third-order valence-corrected chi connectivity index (χ3v) is 6.53. The maximum atomic E-state index is 6.05. The quantitative estimate of drug-likeness (QED) is 0.324. The number of guanidine groups is 1. The Balaban J connectivity index is 0.00000261. The molecule has 1 spiro atoms. The summed E-state index contributed by atoms with van der Waals surface area (Å²) in [7, 11) is 0. The van der Waals surface area contributed by atoms with Crippen molar-refractivity contribution in [3.8, 4) is 0 Å². The molecule has 2 saturated carbocycles. The van der Waals surface area contributed by atoms with Gasteiger partial charge in [-0.05, 0) is 40.0 Å². The first-order valence-electron chi connectivity index (χ1n) is 10.7. The normalized spacial score (nSPS) is 29.1. The van der Waals surface area contributed by atoms with Gasteiger partial charge in [-0.3, -0.25) is 9.89 Å². The highest BCUT2D eigenvalue weighted by atomic mass is 127. The van der Waals surface area contributed by atoms with E-state index in [4.69, 9.17) is 14.5 Å². The molecule has 0 amide bonds. The SMILES string of the molecule is CCNC(=NCC(C)N1CCOCC1)NC1CC(OCC)C12CCCC2.I. The molecule has 3 unspecified atom stereocenters. The molecule has 3 fully saturated rings. The lowest BCUT2D eigenvalue weighted by Crippen LogP contribution is -2.65. The number of hydrogen-bond acceptors (Lipinski definition) is 4. The first kappa shape index (κ1) is 23.2. The van der Waals surface area contributed by atoms with E-state index in [1.165, 1.54) is 25.7 Å². The lowest BCUT2D eigenvalue weighted by molar-refractivity contribution is -0.125. The molecule has 0 radical (unpaired) electrons. The van der Waals surface area contributed by atoms with Crippen LogP contribution in [0, 0.1) is 5.41 Å². The highest BCUT2D eigenvalue weighted by Crippen LogP contribution is 2.54. The maximum Gasteiger partial charge on any atom is 0.191 e. The van der Waals surface area contributed by atoms with Gasteiger partial charge >= 0.3 is 0 Å². The van der Waals surface area contributed by atoms with Crippen molar-refractivity contribution < 1.29 is 9.47 Å². The minimum absolute atomic E-state index is 0. The average molecular weight is 494 g/mol. The van der Waals surface area contributed by atoms with Crippen LogP contribution in [0.4, 0.5) is 0 Å². The molecule has 2 aliphatic carbocycles. The molecule has 158 valence electrons. The van der Waals surface area contributed by atoms with Crippen LogP contribution >= 0.6 is 24.0 Å². The predicted octanol–water partition coefficient (Wildman–Crippen LogP) is 2.62. The van der Waals surface area contributed by atoms with Gasteiger partial charge in [0, 0.05) is 43.7 Å². The van der Waals surface area contributed by atoms with E-state index in [2.05, 4.69) is 36.3 Å². The highest BCUT2D eigenvalue weighted by molar-refractivity contribution is 14.0. The van der Waals surface area contributed by atoms with E-state index >= 15 is 0 Å². The smallest absolute Gasteiger partial charge is 0.191 e. The van der Waals surface area contributed by atoms with Gasteiger partial charge in [0.05, 0.1) is 25.9 Å². The summed E-state index contributed by atoms with van der Waals surface area (Å²) in [5, 5.41) is 7.20. The van der Waals surface area contributed by atoms with Gasteiger partial charge in [0.25, 0.3) is 0 Å². The van der Waals surface area contributed by atoms with Crippen molar-refractivity contribution in [2.75, 3.05) is 46.0 Å². The Kier molecular flexibility index (Phi) is 9.58. The van der Waals surface area contributed by atoms with Crippen molar-refractivity contribution in [3.63, 3.8) is 0 Å². The van der Waals surface area contributed by atoms with Gasteiger partial charge in [-0.1, -0.05) is 12.8 Å². The zero-order chi connectivity index (χ0) is 18.4. The van der Waals surface area contributed by atoms with Crippen molar-refractivity contribution in [3.05, 3.63) is 0 Å². The second-order valence-electron chi connectivity index (χ2n) is 8.03. The fourth-order valence-corrected chi connectivity index (χ4v) is 4.93. The summed E-state index contributed by atoms with van der Waals surface area (Å²) in [5.41, 5.74) is 0.335. The van der Waals surface area contributed by atoms with Crippen LogP contribution in [0.15, 0.2) is 4.99 Å². The summed E-state index contributed by atoms with van der Waals surface area (Å²) >= 11 is 0. The van der Waals surface area contributed by atoms with Crippen molar-refractivity contribution >= 4 is 29.9 Å². The lowest BCUT2D eigenvalue weighted by Gasteiger charge is -2.54. The second kappa shape index (κ2) is 11.2. The Bertz CT molecular complexity index is 465. The zero-order valence-corrected chi connectivity index (χ0v) is 19.7. The van der Waals surface area contributed by atoms with E-state index in [9.17, 15) is 0 Å². The molecule has 2 N–H and O–H groups in total. The van der Waals surface area contributed by atoms with Gasteiger partial charge in [0.1, 0.15) is 0 Å². The molecule has 3 rings (SSSR count). The van der Waals surface area contributed by atoms with Crippen molar-refractivity contribution in [2.45, 2.75) is 71.1 Å². The van der Waals surface area contributed by atoms with Gasteiger partial charge in [0.2, 0.25) is 0 Å². The monoisotopic (exact) mass is 494 g/mol. The van der Waals surface area contributed by atoms with E-state index in [0.717, 1.165) is 58.4 Å². The highest BCUT2D eigenvalue weighted by Gasteiger charge is 2.56. The Hall–Kier alpha value is -0.120. The van der Waals surface area contributed by atoms with Gasteiger partial charge < -0.3 is 20.1 Å². The number of hydrogen-bond donors (Lipinski definition) is 2. The number of nitrogens with one attached hydrogen (secondary N) is 2. The second-order valence-corrected chi connectivity index (χ2v) is 8.03. The summed E-state index contributed by atoms with van der Waals surface area (Å²) < 4.78 is 11.5. The fraction of sp³-hybridized carbons (Fsp3) is 0.950. The summed E-state index contributed by atoms with van der Waals surface area (Å²) in [6, 6.07) is 0.949. The molecule has 27 heavy (non-hydrogen) atoms. The van der Waals surface area contributed by atoms with Crippen LogP contribution in [0.5, 0.6) is 0 Å². The third kappa shape index (κ3) is 5.48. The summed E-state index contributed by atoms with van der Waals surface area (Å²) in [6.45, 7) is 12.8. The fourth-order valence-electron chi connectivity index (χ4n) is 4.93. The lowest BCUT2D eigenvalue weighted by atomic mass is 9.60. The van der Waals surface area contributed by atoms with Crippen molar-refractivity contribution in [1.29, 1.82) is 0 Å². The third-order valence-electron chi connectivity index (χ3n) is 6.53. The zero-order valence-electron chi connectivity index (χ0n) is 17.3. The summed E-state index contributed by atoms with van der Waals surface area (Å²) in [4.78, 5) is 7.38. The average Bonchev–Trinajstić information content (AvgIpc) is 3.19. The van der Waals surface area contributed by atoms with E-state index in [1.807, 2.05) is 0 Å². The van der Waals surface area contributed by atoms with Crippen LogP contribution in [0.3, 0.4) is 0 Å². The molecular formula is C20H39IN4O2. The molecule has 7 heteroatoms. The summed E-state index contributed by atoms with van der Waals surface area (Å²) in [6.07, 6.45) is 6.80. The van der Waals surface area contributed by atoms with Crippen LogP contribution in [-0.2, 0) is 9.47 Å². The van der Waals surface area contributed by atoms with Gasteiger partial charge in [-0.25, -0.2) is 0 Å². The number of rotatable bonds is 7. The van der Waals surface area contributed by atoms with E-state index in [1.54, 1.807) is 0 Å². The van der Waals surface area contributed by atoms with Crippen LogP contribution in [0.25, 0.3) is 0 Å². The molecule has 1 heterocycles. The molecule has 0 bridgehead atoms. The molecule has 6 nitrogen and oxygen atoms in total. The number of ether oxygens (including phenoxy) is 2. The Morgan fingerprint density at radius 2 is 1.96 bits per heavy atom. The van der Waals surface area contributed by atoms with Gasteiger partial charge in [-0.2, -0.15) is 0 Å². The number of aliphatic imine (C=N–C) groups is 1. The number of halogens is 1. The molecule has 0 aromatic carbocycles. The standard InChI is InChI=1S/C20H38N4O2.HI/c1-4-21-19(22-15-16(3)24-10-12-25-13-11-24)23-17-14-18(26-5-2)20(17)8-6-7-9-20;/h16-18H,4-15H2,1-3H3,(H2,21,22,23);1H. The predicted molar refractivity (Wildman–Crippen MR) is 121 cm³/mol. The van der Waals surface area contributed by atoms with E-state index < -0.39 is 0 Å². The van der Waals surface area contributed by atoms with E-state index in [-0.39, 0.29) is 24.0 Å². The van der Waals surface area contributed by atoms with Crippen LogP contribution in [0.1, 0.15) is 52.9 Å².